The predicted octanol–water partition coefficient (Wildman–Crippen LogP) is 3.62. The molecule has 22 heavy (non-hydrogen) atoms. The molecule has 0 heterocycles. The highest BCUT2D eigenvalue weighted by Crippen LogP contribution is 2.21. The monoisotopic (exact) mass is 308 g/mol. The van der Waals surface area contributed by atoms with Crippen LogP contribution in [0.25, 0.3) is 0 Å². The summed E-state index contributed by atoms with van der Waals surface area (Å²) in [4.78, 5) is 11.4. The van der Waals surface area contributed by atoms with Gasteiger partial charge in [0.2, 0.25) is 0 Å². The summed E-state index contributed by atoms with van der Waals surface area (Å²) in [6.45, 7) is 4.49. The lowest BCUT2D eigenvalue weighted by Gasteiger charge is -2.21. The number of hydrogen-bond acceptors (Lipinski definition) is 4. The standard InChI is InChI=1S/C18H28O4/c1-5-18(19)22-14(2)12-16(10-11-20-3)13-15-6-8-17(21-4)9-7-15/h6-9,14,16H,5,10-13H2,1-4H3. The Balaban J connectivity index is 2.60. The van der Waals surface area contributed by atoms with Crippen molar-refractivity contribution >= 4 is 5.97 Å². The normalized spacial score (nSPS) is 13.5. The second-order valence-electron chi connectivity index (χ2n) is 5.59. The van der Waals surface area contributed by atoms with Gasteiger partial charge in [0.15, 0.2) is 0 Å². The maximum Gasteiger partial charge on any atom is 0.305 e. The Labute approximate surface area is 133 Å². The summed E-state index contributed by atoms with van der Waals surface area (Å²) in [7, 11) is 3.38. The van der Waals surface area contributed by atoms with Gasteiger partial charge in [0, 0.05) is 20.1 Å². The van der Waals surface area contributed by atoms with Gasteiger partial charge in [-0.2, -0.15) is 0 Å². The Kier molecular flexibility index (Phi) is 8.60. The average molecular weight is 308 g/mol. The highest BCUT2D eigenvalue weighted by Gasteiger charge is 2.16. The molecule has 0 bridgehead atoms. The fourth-order valence-corrected chi connectivity index (χ4v) is 2.51. The number of carbonyl (C=O) groups excluding carboxylic acids is 1. The minimum absolute atomic E-state index is 0.0624. The first-order valence-corrected chi connectivity index (χ1v) is 7.90. The van der Waals surface area contributed by atoms with Crippen molar-refractivity contribution in [1.82, 2.24) is 0 Å². The van der Waals surface area contributed by atoms with Crippen LogP contribution in [-0.2, 0) is 20.7 Å². The van der Waals surface area contributed by atoms with E-state index in [1.165, 1.54) is 5.56 Å². The van der Waals surface area contributed by atoms with E-state index in [0.717, 1.165) is 31.6 Å². The second-order valence-corrected chi connectivity index (χ2v) is 5.59. The first-order chi connectivity index (χ1) is 10.6. The van der Waals surface area contributed by atoms with Gasteiger partial charge in [0.05, 0.1) is 13.2 Å². The molecule has 4 nitrogen and oxygen atoms in total. The van der Waals surface area contributed by atoms with E-state index in [4.69, 9.17) is 14.2 Å². The quantitative estimate of drug-likeness (QED) is 0.619. The van der Waals surface area contributed by atoms with E-state index in [2.05, 4.69) is 12.1 Å². The van der Waals surface area contributed by atoms with Crippen molar-refractivity contribution in [2.75, 3.05) is 20.8 Å². The molecule has 0 aliphatic heterocycles. The third-order valence-corrected chi connectivity index (χ3v) is 3.70. The molecule has 0 aromatic heterocycles. The Morgan fingerprint density at radius 1 is 1.18 bits per heavy atom. The number of benzene rings is 1. The molecule has 2 atom stereocenters. The zero-order valence-electron chi connectivity index (χ0n) is 14.1. The number of carbonyl (C=O) groups is 1. The average Bonchev–Trinajstić information content (AvgIpc) is 2.53. The lowest BCUT2D eigenvalue weighted by molar-refractivity contribution is -0.148. The van der Waals surface area contributed by atoms with E-state index in [1.807, 2.05) is 26.0 Å². The molecule has 0 aliphatic carbocycles. The highest BCUT2D eigenvalue weighted by molar-refractivity contribution is 5.69. The molecular weight excluding hydrogens is 280 g/mol. The van der Waals surface area contributed by atoms with Crippen LogP contribution in [0.4, 0.5) is 0 Å². The number of ether oxygens (including phenoxy) is 3. The largest absolute Gasteiger partial charge is 0.497 e. The molecule has 0 amide bonds. The van der Waals surface area contributed by atoms with E-state index >= 15 is 0 Å². The van der Waals surface area contributed by atoms with Crippen molar-refractivity contribution in [1.29, 1.82) is 0 Å². The molecule has 0 N–H and O–H groups in total. The van der Waals surface area contributed by atoms with Crippen LogP contribution >= 0.6 is 0 Å². The van der Waals surface area contributed by atoms with Crippen molar-refractivity contribution in [2.45, 2.75) is 45.6 Å². The Morgan fingerprint density at radius 3 is 2.41 bits per heavy atom. The molecule has 2 unspecified atom stereocenters. The lowest BCUT2D eigenvalue weighted by Crippen LogP contribution is -2.20. The Bertz CT molecular complexity index is 427. The van der Waals surface area contributed by atoms with Gasteiger partial charge in [0.25, 0.3) is 0 Å². The molecule has 0 fully saturated rings. The second kappa shape index (κ2) is 10.2. The van der Waals surface area contributed by atoms with Gasteiger partial charge in [0.1, 0.15) is 5.75 Å². The third kappa shape index (κ3) is 6.94. The van der Waals surface area contributed by atoms with E-state index in [0.29, 0.717) is 12.3 Å². The minimum Gasteiger partial charge on any atom is -0.497 e. The zero-order valence-corrected chi connectivity index (χ0v) is 14.1. The minimum atomic E-state index is -0.137. The SMILES string of the molecule is CCC(=O)OC(C)CC(CCOC)Cc1ccc(OC)cc1. The molecule has 0 radical (unpaired) electrons. The maximum atomic E-state index is 11.4. The Morgan fingerprint density at radius 2 is 1.86 bits per heavy atom. The van der Waals surface area contributed by atoms with Gasteiger partial charge >= 0.3 is 5.97 Å². The van der Waals surface area contributed by atoms with E-state index < -0.39 is 0 Å². The van der Waals surface area contributed by atoms with E-state index in [9.17, 15) is 4.79 Å². The van der Waals surface area contributed by atoms with E-state index in [-0.39, 0.29) is 12.1 Å². The van der Waals surface area contributed by atoms with Gasteiger partial charge in [-0.3, -0.25) is 4.79 Å². The van der Waals surface area contributed by atoms with Crippen LogP contribution in [0.3, 0.4) is 0 Å². The lowest BCUT2D eigenvalue weighted by atomic mass is 9.91. The van der Waals surface area contributed by atoms with Crippen LogP contribution in [-0.4, -0.2) is 32.9 Å². The van der Waals surface area contributed by atoms with Crippen LogP contribution in [0.15, 0.2) is 24.3 Å². The molecule has 4 heteroatoms. The van der Waals surface area contributed by atoms with Crippen molar-refractivity contribution in [3.63, 3.8) is 0 Å². The number of hydrogen-bond donors (Lipinski definition) is 0. The summed E-state index contributed by atoms with van der Waals surface area (Å²) >= 11 is 0. The summed E-state index contributed by atoms with van der Waals surface area (Å²) in [5.41, 5.74) is 1.26. The molecule has 0 saturated carbocycles. The molecule has 124 valence electrons. The third-order valence-electron chi connectivity index (χ3n) is 3.70. The smallest absolute Gasteiger partial charge is 0.305 e. The molecule has 1 aromatic rings. The highest BCUT2D eigenvalue weighted by atomic mass is 16.5. The zero-order chi connectivity index (χ0) is 16.4. The van der Waals surface area contributed by atoms with Crippen LogP contribution in [0, 0.1) is 5.92 Å². The fraction of sp³-hybridized carbons (Fsp3) is 0.611. The number of rotatable bonds is 10. The van der Waals surface area contributed by atoms with Crippen molar-refractivity contribution in [2.24, 2.45) is 5.92 Å². The van der Waals surface area contributed by atoms with Crippen molar-refractivity contribution < 1.29 is 19.0 Å². The summed E-state index contributed by atoms with van der Waals surface area (Å²) in [5, 5.41) is 0. The molecule has 1 rings (SSSR count). The topological polar surface area (TPSA) is 44.8 Å². The summed E-state index contributed by atoms with van der Waals surface area (Å²) in [6, 6.07) is 8.12. The molecule has 0 spiro atoms. The molecule has 0 saturated heterocycles. The van der Waals surface area contributed by atoms with E-state index in [1.54, 1.807) is 14.2 Å². The molecule has 1 aromatic carbocycles. The van der Waals surface area contributed by atoms with Gasteiger partial charge in [-0.25, -0.2) is 0 Å². The van der Waals surface area contributed by atoms with Crippen LogP contribution < -0.4 is 4.74 Å². The molecular formula is C18H28O4. The van der Waals surface area contributed by atoms with Crippen molar-refractivity contribution in [3.8, 4) is 5.75 Å². The first-order valence-electron chi connectivity index (χ1n) is 7.90. The summed E-state index contributed by atoms with van der Waals surface area (Å²) in [6.07, 6.45) is 3.11. The van der Waals surface area contributed by atoms with Crippen LogP contribution in [0.5, 0.6) is 5.75 Å². The fourth-order valence-electron chi connectivity index (χ4n) is 2.51. The number of methoxy groups -OCH3 is 2. The predicted molar refractivity (Wildman–Crippen MR) is 87.1 cm³/mol. The first kappa shape index (κ1) is 18.5. The van der Waals surface area contributed by atoms with Gasteiger partial charge in [-0.1, -0.05) is 19.1 Å². The van der Waals surface area contributed by atoms with Gasteiger partial charge < -0.3 is 14.2 Å². The Hall–Kier alpha value is -1.55. The van der Waals surface area contributed by atoms with Gasteiger partial charge in [-0.05, 0) is 49.8 Å². The van der Waals surface area contributed by atoms with Crippen LogP contribution in [0.2, 0.25) is 0 Å². The van der Waals surface area contributed by atoms with Crippen LogP contribution in [0.1, 0.15) is 38.7 Å². The summed E-state index contributed by atoms with van der Waals surface area (Å²) < 4.78 is 15.8. The molecule has 0 aliphatic rings. The maximum absolute atomic E-state index is 11.4. The summed E-state index contributed by atoms with van der Waals surface area (Å²) in [5.74, 6) is 1.15. The van der Waals surface area contributed by atoms with Gasteiger partial charge in [-0.15, -0.1) is 0 Å². The van der Waals surface area contributed by atoms with Crippen molar-refractivity contribution in [3.05, 3.63) is 29.8 Å². The number of esters is 1.